The summed E-state index contributed by atoms with van der Waals surface area (Å²) in [6.45, 7) is 7.74. The van der Waals surface area contributed by atoms with Crippen molar-refractivity contribution >= 4 is 5.91 Å². The van der Waals surface area contributed by atoms with Crippen LogP contribution in [0.3, 0.4) is 0 Å². The van der Waals surface area contributed by atoms with Gasteiger partial charge in [0, 0.05) is 61.9 Å². The highest BCUT2D eigenvalue weighted by atomic mass is 16.2. The van der Waals surface area contributed by atoms with E-state index in [1.54, 1.807) is 13.0 Å². The molecule has 26 heavy (non-hydrogen) atoms. The average molecular weight is 352 g/mol. The lowest BCUT2D eigenvalue weighted by Gasteiger charge is -2.42. The number of hydrogen-bond donors (Lipinski definition) is 0. The molecule has 0 N–H and O–H groups in total. The van der Waals surface area contributed by atoms with Crippen LogP contribution in [0.1, 0.15) is 43.4 Å². The van der Waals surface area contributed by atoms with E-state index in [0.717, 1.165) is 47.9 Å². The van der Waals surface area contributed by atoms with Crippen LogP contribution in [0, 0.1) is 12.8 Å². The van der Waals surface area contributed by atoms with Crippen LogP contribution < -0.4 is 5.56 Å². The minimum absolute atomic E-state index is 0.0257. The standard InChI is InChI=1S/C20H24N4O2/c1-4-19-21-12(2)5-17(22-19)15-7-18-16-6-14(9-23(11-16)13(3)25)10-24(18)20(26)8-15/h5,7-8,14,16H,4,6,9-11H2,1-3H3/t14-,16+/m0/s1. The smallest absolute Gasteiger partial charge is 0.251 e. The van der Waals surface area contributed by atoms with E-state index in [9.17, 15) is 9.59 Å². The van der Waals surface area contributed by atoms with Crippen molar-refractivity contribution in [2.75, 3.05) is 13.1 Å². The highest BCUT2D eigenvalue weighted by Crippen LogP contribution is 2.36. The van der Waals surface area contributed by atoms with Gasteiger partial charge in [0.2, 0.25) is 5.91 Å². The second kappa shape index (κ2) is 6.34. The predicted molar refractivity (Wildman–Crippen MR) is 98.9 cm³/mol. The molecule has 1 saturated heterocycles. The van der Waals surface area contributed by atoms with Gasteiger partial charge in [0.05, 0.1) is 5.69 Å². The molecule has 0 aliphatic carbocycles. The zero-order chi connectivity index (χ0) is 18.4. The van der Waals surface area contributed by atoms with Gasteiger partial charge >= 0.3 is 0 Å². The molecular weight excluding hydrogens is 328 g/mol. The first-order valence-electron chi connectivity index (χ1n) is 9.29. The number of amides is 1. The van der Waals surface area contributed by atoms with Crippen LogP contribution in [0.25, 0.3) is 11.3 Å². The predicted octanol–water partition coefficient (Wildman–Crippen LogP) is 2.14. The number of aryl methyl sites for hydroxylation is 2. The van der Waals surface area contributed by atoms with Crippen LogP contribution in [-0.4, -0.2) is 38.4 Å². The van der Waals surface area contributed by atoms with E-state index in [0.29, 0.717) is 19.0 Å². The molecule has 0 saturated carbocycles. The largest absolute Gasteiger partial charge is 0.342 e. The second-order valence-electron chi connectivity index (χ2n) is 7.50. The topological polar surface area (TPSA) is 68.1 Å². The van der Waals surface area contributed by atoms with E-state index in [1.165, 1.54) is 0 Å². The molecule has 0 spiro atoms. The molecule has 2 bridgehead atoms. The molecule has 1 amide bonds. The molecular formula is C20H24N4O2. The summed E-state index contributed by atoms with van der Waals surface area (Å²) in [5, 5.41) is 0. The van der Waals surface area contributed by atoms with Gasteiger partial charge in [-0.25, -0.2) is 9.97 Å². The Labute approximate surface area is 152 Å². The third-order valence-electron chi connectivity index (χ3n) is 5.51. The fourth-order valence-electron chi connectivity index (χ4n) is 4.30. The lowest BCUT2D eigenvalue weighted by molar-refractivity contribution is -0.131. The van der Waals surface area contributed by atoms with E-state index >= 15 is 0 Å². The molecule has 0 aromatic carbocycles. The number of fused-ring (bicyclic) bond motifs is 4. The van der Waals surface area contributed by atoms with Crippen molar-refractivity contribution in [1.29, 1.82) is 0 Å². The molecule has 0 radical (unpaired) electrons. The zero-order valence-corrected chi connectivity index (χ0v) is 15.5. The summed E-state index contributed by atoms with van der Waals surface area (Å²) < 4.78 is 1.90. The minimum Gasteiger partial charge on any atom is -0.342 e. The number of piperidine rings is 1. The number of carbonyl (C=O) groups excluding carboxylic acids is 1. The summed E-state index contributed by atoms with van der Waals surface area (Å²) in [5.41, 5.74) is 3.61. The van der Waals surface area contributed by atoms with Crippen LogP contribution in [-0.2, 0) is 17.8 Å². The molecule has 1 fully saturated rings. The molecule has 2 aliphatic heterocycles. The van der Waals surface area contributed by atoms with Gasteiger partial charge in [-0.1, -0.05) is 6.92 Å². The molecule has 4 heterocycles. The van der Waals surface area contributed by atoms with Gasteiger partial charge in [-0.2, -0.15) is 0 Å². The van der Waals surface area contributed by atoms with Crippen molar-refractivity contribution in [1.82, 2.24) is 19.4 Å². The molecule has 6 heteroatoms. The van der Waals surface area contributed by atoms with Gasteiger partial charge in [-0.05, 0) is 31.4 Å². The molecule has 2 aliphatic rings. The molecule has 136 valence electrons. The average Bonchev–Trinajstić information content (AvgIpc) is 2.61. The van der Waals surface area contributed by atoms with Crippen LogP contribution in [0.4, 0.5) is 0 Å². The van der Waals surface area contributed by atoms with Gasteiger partial charge in [-0.3, -0.25) is 9.59 Å². The summed E-state index contributed by atoms with van der Waals surface area (Å²) in [7, 11) is 0. The van der Waals surface area contributed by atoms with E-state index in [1.807, 2.05) is 29.4 Å². The van der Waals surface area contributed by atoms with Crippen LogP contribution in [0.2, 0.25) is 0 Å². The summed E-state index contributed by atoms with van der Waals surface area (Å²) >= 11 is 0. The minimum atomic E-state index is 0.0257. The monoisotopic (exact) mass is 352 g/mol. The molecule has 2 atom stereocenters. The van der Waals surface area contributed by atoms with Gasteiger partial charge in [0.15, 0.2) is 0 Å². The maximum atomic E-state index is 12.8. The Morgan fingerprint density at radius 1 is 1.19 bits per heavy atom. The number of hydrogen-bond acceptors (Lipinski definition) is 4. The normalized spacial score (nSPS) is 21.4. The number of nitrogens with zero attached hydrogens (tertiary/aromatic N) is 4. The van der Waals surface area contributed by atoms with Gasteiger partial charge in [-0.15, -0.1) is 0 Å². The zero-order valence-electron chi connectivity index (χ0n) is 15.5. The van der Waals surface area contributed by atoms with E-state index < -0.39 is 0 Å². The van der Waals surface area contributed by atoms with Crippen molar-refractivity contribution in [2.24, 2.45) is 5.92 Å². The fourth-order valence-corrected chi connectivity index (χ4v) is 4.30. The highest BCUT2D eigenvalue weighted by molar-refractivity contribution is 5.73. The maximum absolute atomic E-state index is 12.8. The first-order valence-corrected chi connectivity index (χ1v) is 9.29. The van der Waals surface area contributed by atoms with Gasteiger partial charge in [0.1, 0.15) is 5.82 Å². The summed E-state index contributed by atoms with van der Waals surface area (Å²) in [6, 6.07) is 5.71. The Morgan fingerprint density at radius 3 is 2.73 bits per heavy atom. The maximum Gasteiger partial charge on any atom is 0.251 e. The van der Waals surface area contributed by atoms with Crippen molar-refractivity contribution in [3.8, 4) is 11.3 Å². The summed E-state index contributed by atoms with van der Waals surface area (Å²) in [6.07, 6.45) is 1.80. The van der Waals surface area contributed by atoms with E-state index in [2.05, 4.69) is 16.0 Å². The Morgan fingerprint density at radius 2 is 2.00 bits per heavy atom. The van der Waals surface area contributed by atoms with Crippen LogP contribution >= 0.6 is 0 Å². The summed E-state index contributed by atoms with van der Waals surface area (Å²) in [4.78, 5) is 35.6. The molecule has 0 unspecified atom stereocenters. The highest BCUT2D eigenvalue weighted by Gasteiger charge is 2.35. The molecule has 6 nitrogen and oxygen atoms in total. The van der Waals surface area contributed by atoms with Gasteiger partial charge in [0.25, 0.3) is 5.56 Å². The first kappa shape index (κ1) is 16.9. The third kappa shape index (κ3) is 2.93. The van der Waals surface area contributed by atoms with E-state index in [4.69, 9.17) is 0 Å². The Kier molecular flexibility index (Phi) is 4.13. The lowest BCUT2D eigenvalue weighted by atomic mass is 9.82. The second-order valence-corrected chi connectivity index (χ2v) is 7.50. The third-order valence-corrected chi connectivity index (χ3v) is 5.51. The van der Waals surface area contributed by atoms with Crippen molar-refractivity contribution in [2.45, 2.75) is 46.1 Å². The Hall–Kier alpha value is -2.50. The quantitative estimate of drug-likeness (QED) is 0.830. The number of rotatable bonds is 2. The first-order chi connectivity index (χ1) is 12.4. The number of carbonyl (C=O) groups is 1. The van der Waals surface area contributed by atoms with Crippen LogP contribution in [0.5, 0.6) is 0 Å². The summed E-state index contributed by atoms with van der Waals surface area (Å²) in [5.74, 6) is 1.48. The Balaban J connectivity index is 1.79. The van der Waals surface area contributed by atoms with E-state index in [-0.39, 0.29) is 17.4 Å². The van der Waals surface area contributed by atoms with Crippen molar-refractivity contribution in [3.63, 3.8) is 0 Å². The SMILES string of the molecule is CCc1nc(C)cc(-c2cc3n(c(=O)c2)C[C@H]2C[C@@H]3CN(C(C)=O)C2)n1. The molecule has 4 rings (SSSR count). The van der Waals surface area contributed by atoms with Crippen LogP contribution in [0.15, 0.2) is 23.0 Å². The molecule has 2 aromatic heterocycles. The number of aromatic nitrogens is 3. The van der Waals surface area contributed by atoms with Gasteiger partial charge < -0.3 is 9.47 Å². The van der Waals surface area contributed by atoms with Crippen molar-refractivity contribution < 1.29 is 4.79 Å². The van der Waals surface area contributed by atoms with Crippen molar-refractivity contribution in [3.05, 3.63) is 45.8 Å². The number of pyridine rings is 1. The molecule has 2 aromatic rings. The Bertz CT molecular complexity index is 934. The fraction of sp³-hybridized carbons (Fsp3) is 0.500. The lowest BCUT2D eigenvalue weighted by Crippen LogP contribution is -2.48. The number of likely N-dealkylation sites (tertiary alicyclic amines) is 1.